The van der Waals surface area contributed by atoms with Crippen molar-refractivity contribution in [2.24, 2.45) is 11.3 Å². The second-order valence-electron chi connectivity index (χ2n) is 9.05. The zero-order valence-electron chi connectivity index (χ0n) is 17.1. The normalized spacial score (nSPS) is 22.4. The molecular formula is C21H26ClN5O3. The molecule has 0 radical (unpaired) electrons. The summed E-state index contributed by atoms with van der Waals surface area (Å²) in [5, 5.41) is 19.3. The van der Waals surface area contributed by atoms with Crippen LogP contribution in [0.1, 0.15) is 45.2 Å². The number of carboxylic acid groups (broad SMARTS) is 1. The Morgan fingerprint density at radius 3 is 2.83 bits per heavy atom. The first kappa shape index (κ1) is 20.7. The van der Waals surface area contributed by atoms with Gasteiger partial charge in [0, 0.05) is 41.5 Å². The van der Waals surface area contributed by atoms with Crippen molar-refractivity contribution in [1.29, 1.82) is 0 Å². The van der Waals surface area contributed by atoms with Gasteiger partial charge in [-0.2, -0.15) is 5.10 Å². The summed E-state index contributed by atoms with van der Waals surface area (Å²) in [5.74, 6) is 0.0386. The van der Waals surface area contributed by atoms with Crippen LogP contribution in [-0.2, 0) is 17.8 Å². The smallest absolute Gasteiger partial charge is 0.404 e. The van der Waals surface area contributed by atoms with E-state index >= 15 is 0 Å². The van der Waals surface area contributed by atoms with E-state index in [1.54, 1.807) is 12.3 Å². The van der Waals surface area contributed by atoms with Gasteiger partial charge in [0.25, 0.3) is 0 Å². The number of carbonyl (C=O) groups is 2. The summed E-state index contributed by atoms with van der Waals surface area (Å²) in [7, 11) is 0. The predicted molar refractivity (Wildman–Crippen MR) is 113 cm³/mol. The number of pyridine rings is 1. The average molecular weight is 432 g/mol. The van der Waals surface area contributed by atoms with Crippen molar-refractivity contribution in [3.8, 4) is 11.1 Å². The van der Waals surface area contributed by atoms with Crippen LogP contribution in [0.15, 0.2) is 18.5 Å². The van der Waals surface area contributed by atoms with E-state index in [0.29, 0.717) is 17.3 Å². The molecule has 2 aromatic heterocycles. The first-order valence-electron chi connectivity index (χ1n) is 10.2. The minimum atomic E-state index is -1.05. The summed E-state index contributed by atoms with van der Waals surface area (Å²) in [5.41, 5.74) is 3.05. The van der Waals surface area contributed by atoms with E-state index < -0.39 is 6.09 Å². The molecule has 8 nitrogen and oxygen atoms in total. The highest BCUT2D eigenvalue weighted by Crippen LogP contribution is 2.39. The van der Waals surface area contributed by atoms with E-state index in [-0.39, 0.29) is 23.3 Å². The number of nitrogens with zero attached hydrogens (tertiary/aromatic N) is 3. The van der Waals surface area contributed by atoms with Crippen LogP contribution in [0.2, 0.25) is 5.02 Å². The van der Waals surface area contributed by atoms with Crippen LogP contribution in [0.3, 0.4) is 0 Å². The maximum atomic E-state index is 12.8. The largest absolute Gasteiger partial charge is 0.465 e. The number of fused-ring (bicyclic) bond motifs is 1. The minimum absolute atomic E-state index is 0.144. The van der Waals surface area contributed by atoms with Gasteiger partial charge in [-0.1, -0.05) is 31.9 Å². The Bertz CT molecular complexity index is 987. The molecule has 1 fully saturated rings. The van der Waals surface area contributed by atoms with Gasteiger partial charge in [0.15, 0.2) is 0 Å². The van der Waals surface area contributed by atoms with Crippen LogP contribution in [0.5, 0.6) is 0 Å². The number of halogens is 1. The van der Waals surface area contributed by atoms with Gasteiger partial charge in [0.05, 0.1) is 11.2 Å². The second-order valence-corrected chi connectivity index (χ2v) is 9.46. The first-order chi connectivity index (χ1) is 14.2. The molecule has 1 saturated carbocycles. The van der Waals surface area contributed by atoms with Gasteiger partial charge in [-0.05, 0) is 37.2 Å². The standard InChI is InChI=1S/C21H26ClN5O3/c1-21(2)8-17-15(9-24-27(17)11-21)14-7-18(23-10-16(14)22)26-19(28)12-4-3-5-13(6-12)25-20(29)30/h7,9-10,12-13,25H,3-6,8,11H2,1-2H3,(H,29,30)(H,23,26,28)/t12-,13-/m0/s1. The van der Waals surface area contributed by atoms with Crippen LogP contribution in [0.25, 0.3) is 11.1 Å². The second kappa shape index (κ2) is 7.91. The quantitative estimate of drug-likeness (QED) is 0.679. The third-order valence-corrected chi connectivity index (χ3v) is 6.24. The number of carbonyl (C=O) groups excluding carboxylic acids is 1. The lowest BCUT2D eigenvalue weighted by Crippen LogP contribution is -2.40. The zero-order valence-corrected chi connectivity index (χ0v) is 17.9. The third kappa shape index (κ3) is 4.28. The molecule has 0 spiro atoms. The highest BCUT2D eigenvalue weighted by Gasteiger charge is 2.32. The fraction of sp³-hybridized carbons (Fsp3) is 0.524. The topological polar surface area (TPSA) is 109 Å². The van der Waals surface area contributed by atoms with Gasteiger partial charge in [0.1, 0.15) is 5.82 Å². The van der Waals surface area contributed by atoms with E-state index in [1.807, 2.05) is 10.9 Å². The van der Waals surface area contributed by atoms with E-state index in [1.165, 1.54) is 0 Å². The summed E-state index contributed by atoms with van der Waals surface area (Å²) in [4.78, 5) is 27.9. The molecule has 160 valence electrons. The lowest BCUT2D eigenvalue weighted by atomic mass is 9.85. The molecule has 0 saturated heterocycles. The maximum absolute atomic E-state index is 12.8. The fourth-order valence-corrected chi connectivity index (χ4v) is 4.75. The van der Waals surface area contributed by atoms with E-state index in [0.717, 1.165) is 49.0 Å². The summed E-state index contributed by atoms with van der Waals surface area (Å²) in [6.07, 6.45) is 6.00. The summed E-state index contributed by atoms with van der Waals surface area (Å²) < 4.78 is 2.02. The number of aromatic nitrogens is 3. The molecular weight excluding hydrogens is 406 g/mol. The molecule has 0 aromatic carbocycles. The van der Waals surface area contributed by atoms with Crippen molar-refractivity contribution in [2.75, 3.05) is 5.32 Å². The van der Waals surface area contributed by atoms with Crippen LogP contribution in [-0.4, -0.2) is 37.9 Å². The van der Waals surface area contributed by atoms with E-state index in [9.17, 15) is 9.59 Å². The Balaban J connectivity index is 1.51. The van der Waals surface area contributed by atoms with Crippen molar-refractivity contribution in [2.45, 2.75) is 58.5 Å². The van der Waals surface area contributed by atoms with Gasteiger partial charge in [0.2, 0.25) is 5.91 Å². The predicted octanol–water partition coefficient (Wildman–Crippen LogP) is 3.95. The molecule has 30 heavy (non-hydrogen) atoms. The maximum Gasteiger partial charge on any atom is 0.404 e. The molecule has 2 aromatic rings. The number of hydrogen-bond donors (Lipinski definition) is 3. The van der Waals surface area contributed by atoms with Crippen molar-refractivity contribution in [3.05, 3.63) is 29.2 Å². The third-order valence-electron chi connectivity index (χ3n) is 5.94. The Morgan fingerprint density at radius 1 is 1.27 bits per heavy atom. The Hall–Kier alpha value is -2.61. The molecule has 0 bridgehead atoms. The number of anilines is 1. The molecule has 0 unspecified atom stereocenters. The van der Waals surface area contributed by atoms with E-state index in [2.05, 4.69) is 34.6 Å². The molecule has 9 heteroatoms. The van der Waals surface area contributed by atoms with Crippen LogP contribution < -0.4 is 10.6 Å². The summed E-state index contributed by atoms with van der Waals surface area (Å²) >= 11 is 6.44. The lowest BCUT2D eigenvalue weighted by Gasteiger charge is -2.28. The van der Waals surface area contributed by atoms with Crippen LogP contribution in [0.4, 0.5) is 10.6 Å². The zero-order chi connectivity index (χ0) is 21.5. The minimum Gasteiger partial charge on any atom is -0.465 e. The van der Waals surface area contributed by atoms with Gasteiger partial charge in [-0.25, -0.2) is 9.78 Å². The highest BCUT2D eigenvalue weighted by atomic mass is 35.5. The first-order valence-corrected chi connectivity index (χ1v) is 10.6. The van der Waals surface area contributed by atoms with Crippen molar-refractivity contribution in [1.82, 2.24) is 20.1 Å². The van der Waals surface area contributed by atoms with Gasteiger partial charge in [-0.3, -0.25) is 9.48 Å². The van der Waals surface area contributed by atoms with Crippen LogP contribution >= 0.6 is 11.6 Å². The van der Waals surface area contributed by atoms with Gasteiger partial charge >= 0.3 is 6.09 Å². The van der Waals surface area contributed by atoms with E-state index in [4.69, 9.17) is 16.7 Å². The van der Waals surface area contributed by atoms with Crippen molar-refractivity contribution < 1.29 is 14.7 Å². The molecule has 2 amide bonds. The summed E-state index contributed by atoms with van der Waals surface area (Å²) in [6.45, 7) is 5.28. The Morgan fingerprint density at radius 2 is 2.07 bits per heavy atom. The number of hydrogen-bond acceptors (Lipinski definition) is 4. The number of amides is 2. The number of nitrogens with one attached hydrogen (secondary N) is 2. The summed E-state index contributed by atoms with van der Waals surface area (Å²) in [6, 6.07) is 1.60. The Labute approximate surface area is 180 Å². The SMILES string of the molecule is CC1(C)Cc2c(-c3cc(NC(=O)[C@H]4CCC[C@H](NC(=O)O)C4)ncc3Cl)cnn2C1. The van der Waals surface area contributed by atoms with Gasteiger partial charge in [-0.15, -0.1) is 0 Å². The van der Waals surface area contributed by atoms with Gasteiger partial charge < -0.3 is 15.7 Å². The average Bonchev–Trinajstić information content (AvgIpc) is 3.18. The molecule has 3 heterocycles. The molecule has 3 N–H and O–H groups in total. The molecule has 1 aliphatic carbocycles. The van der Waals surface area contributed by atoms with Crippen LogP contribution in [0, 0.1) is 11.3 Å². The molecule has 4 rings (SSSR count). The monoisotopic (exact) mass is 431 g/mol. The number of rotatable bonds is 4. The Kier molecular flexibility index (Phi) is 5.44. The lowest BCUT2D eigenvalue weighted by molar-refractivity contribution is -0.121. The molecule has 1 aliphatic heterocycles. The van der Waals surface area contributed by atoms with Crippen molar-refractivity contribution >= 4 is 29.4 Å². The molecule has 2 atom stereocenters. The van der Waals surface area contributed by atoms with Crippen molar-refractivity contribution in [3.63, 3.8) is 0 Å². The highest BCUT2D eigenvalue weighted by molar-refractivity contribution is 6.33. The fourth-order valence-electron chi connectivity index (χ4n) is 4.55. The molecule has 2 aliphatic rings.